The predicted molar refractivity (Wildman–Crippen MR) is 84.1 cm³/mol. The van der Waals surface area contributed by atoms with Gasteiger partial charge in [0.2, 0.25) is 5.91 Å². The van der Waals surface area contributed by atoms with Crippen LogP contribution in [0.2, 0.25) is 0 Å². The van der Waals surface area contributed by atoms with Crippen molar-refractivity contribution in [2.75, 3.05) is 25.0 Å². The minimum atomic E-state index is -0.746. The number of carboxylic acid groups (broad SMARTS) is 1. The molecule has 0 unspecified atom stereocenters. The molecule has 0 aromatic heterocycles. The lowest BCUT2D eigenvalue weighted by atomic mass is 9.99. The Morgan fingerprint density at radius 2 is 2.00 bits per heavy atom. The molecule has 1 fully saturated rings. The molecule has 1 aliphatic heterocycles. The van der Waals surface area contributed by atoms with E-state index in [1.54, 1.807) is 0 Å². The maximum atomic E-state index is 11.9. The van der Waals surface area contributed by atoms with E-state index in [2.05, 4.69) is 21.2 Å². The molecule has 1 aromatic rings. The van der Waals surface area contributed by atoms with Gasteiger partial charge in [-0.05, 0) is 30.2 Å². The van der Waals surface area contributed by atoms with Crippen LogP contribution in [0.5, 0.6) is 0 Å². The second kappa shape index (κ2) is 7.04. The molecule has 2 N–H and O–H groups in total. The molecular weight excluding hydrogens is 336 g/mol. The molecule has 2 rings (SSSR count). The van der Waals surface area contributed by atoms with Gasteiger partial charge in [-0.25, -0.2) is 0 Å². The van der Waals surface area contributed by atoms with E-state index in [-0.39, 0.29) is 17.7 Å². The number of carbonyl (C=O) groups excluding carboxylic acids is 1. The van der Waals surface area contributed by atoms with Crippen molar-refractivity contribution in [3.05, 3.63) is 28.7 Å². The lowest BCUT2D eigenvalue weighted by Gasteiger charge is -2.14. The Hall–Kier alpha value is -1.40. The zero-order valence-corrected chi connectivity index (χ0v) is 13.5. The van der Waals surface area contributed by atoms with Gasteiger partial charge in [0, 0.05) is 36.2 Å². The summed E-state index contributed by atoms with van der Waals surface area (Å²) in [5.41, 5.74) is 0.765. The Morgan fingerprint density at radius 3 is 2.57 bits per heavy atom. The minimum absolute atomic E-state index is 0.0521. The van der Waals surface area contributed by atoms with Crippen LogP contribution in [-0.2, 0) is 9.59 Å². The number of nitrogens with one attached hydrogen (secondary N) is 1. The number of nitrogens with zero attached hydrogens (tertiary/aromatic N) is 1. The molecule has 0 radical (unpaired) electrons. The zero-order chi connectivity index (χ0) is 15.4. The molecule has 0 aliphatic carbocycles. The predicted octanol–water partition coefficient (Wildman–Crippen LogP) is 2.43. The van der Waals surface area contributed by atoms with Crippen molar-refractivity contribution in [1.29, 1.82) is 0 Å². The van der Waals surface area contributed by atoms with Gasteiger partial charge in [-0.1, -0.05) is 22.9 Å². The molecule has 1 aromatic carbocycles. The summed E-state index contributed by atoms with van der Waals surface area (Å²) in [7, 11) is 0. The van der Waals surface area contributed by atoms with Crippen LogP contribution in [0.3, 0.4) is 0 Å². The van der Waals surface area contributed by atoms with Crippen molar-refractivity contribution in [2.24, 2.45) is 11.8 Å². The monoisotopic (exact) mass is 354 g/mol. The van der Waals surface area contributed by atoms with E-state index in [1.165, 1.54) is 0 Å². The number of rotatable bonds is 5. The van der Waals surface area contributed by atoms with Crippen molar-refractivity contribution in [3.63, 3.8) is 0 Å². The number of amides is 1. The van der Waals surface area contributed by atoms with Gasteiger partial charge in [-0.15, -0.1) is 0 Å². The van der Waals surface area contributed by atoms with E-state index in [9.17, 15) is 9.59 Å². The Balaban J connectivity index is 1.77. The van der Waals surface area contributed by atoms with E-state index in [0.29, 0.717) is 19.5 Å². The SMILES string of the molecule is C[C@@H]1CN(CCC(=O)Nc2ccc(Br)cc2)C[C@H]1C(=O)O. The first kappa shape index (κ1) is 16.0. The van der Waals surface area contributed by atoms with Crippen LogP contribution >= 0.6 is 15.9 Å². The topological polar surface area (TPSA) is 69.6 Å². The standard InChI is InChI=1S/C15H19BrN2O3/c1-10-8-18(9-13(10)15(20)21)7-6-14(19)17-12-4-2-11(16)3-5-12/h2-5,10,13H,6-9H2,1H3,(H,17,19)(H,20,21)/t10-,13-/m1/s1. The highest BCUT2D eigenvalue weighted by molar-refractivity contribution is 9.10. The quantitative estimate of drug-likeness (QED) is 0.851. The molecule has 1 saturated heterocycles. The van der Waals surface area contributed by atoms with Crippen LogP contribution in [-0.4, -0.2) is 41.5 Å². The number of anilines is 1. The van der Waals surface area contributed by atoms with Gasteiger partial charge in [0.1, 0.15) is 0 Å². The van der Waals surface area contributed by atoms with Crippen LogP contribution in [0.1, 0.15) is 13.3 Å². The average molecular weight is 355 g/mol. The molecule has 2 atom stereocenters. The number of hydrogen-bond donors (Lipinski definition) is 2. The van der Waals surface area contributed by atoms with E-state index >= 15 is 0 Å². The lowest BCUT2D eigenvalue weighted by Crippen LogP contribution is -2.27. The largest absolute Gasteiger partial charge is 0.481 e. The Kier molecular flexibility index (Phi) is 5.36. The molecule has 1 heterocycles. The third-order valence-electron chi connectivity index (χ3n) is 3.79. The number of likely N-dealkylation sites (tertiary alicyclic amines) is 1. The van der Waals surface area contributed by atoms with Crippen molar-refractivity contribution in [1.82, 2.24) is 4.90 Å². The molecule has 114 valence electrons. The number of halogens is 1. The van der Waals surface area contributed by atoms with Crippen LogP contribution < -0.4 is 5.32 Å². The summed E-state index contributed by atoms with van der Waals surface area (Å²) in [6, 6.07) is 7.41. The van der Waals surface area contributed by atoms with Crippen molar-refractivity contribution < 1.29 is 14.7 Å². The fraction of sp³-hybridized carbons (Fsp3) is 0.467. The van der Waals surface area contributed by atoms with Crippen molar-refractivity contribution >= 4 is 33.5 Å². The van der Waals surface area contributed by atoms with Gasteiger partial charge in [0.15, 0.2) is 0 Å². The molecule has 5 nitrogen and oxygen atoms in total. The number of carboxylic acids is 1. The third-order valence-corrected chi connectivity index (χ3v) is 4.32. The maximum Gasteiger partial charge on any atom is 0.308 e. The highest BCUT2D eigenvalue weighted by Crippen LogP contribution is 2.23. The Morgan fingerprint density at radius 1 is 1.33 bits per heavy atom. The summed E-state index contributed by atoms with van der Waals surface area (Å²) < 4.78 is 0.964. The first-order valence-electron chi connectivity index (χ1n) is 6.96. The molecule has 21 heavy (non-hydrogen) atoms. The average Bonchev–Trinajstić information content (AvgIpc) is 2.81. The van der Waals surface area contributed by atoms with E-state index in [1.807, 2.05) is 36.1 Å². The fourth-order valence-corrected chi connectivity index (χ4v) is 2.85. The second-order valence-electron chi connectivity index (χ2n) is 5.49. The number of benzene rings is 1. The summed E-state index contributed by atoms with van der Waals surface area (Å²) >= 11 is 3.34. The number of carbonyl (C=O) groups is 2. The van der Waals surface area contributed by atoms with Gasteiger partial charge in [-0.3, -0.25) is 9.59 Å². The summed E-state index contributed by atoms with van der Waals surface area (Å²) in [6.07, 6.45) is 0.370. The Labute approximate surface area is 132 Å². The van der Waals surface area contributed by atoms with Crippen LogP contribution in [0.25, 0.3) is 0 Å². The fourth-order valence-electron chi connectivity index (χ4n) is 2.59. The van der Waals surface area contributed by atoms with Gasteiger partial charge in [0.25, 0.3) is 0 Å². The van der Waals surface area contributed by atoms with Crippen molar-refractivity contribution in [3.8, 4) is 0 Å². The smallest absolute Gasteiger partial charge is 0.308 e. The van der Waals surface area contributed by atoms with Gasteiger partial charge >= 0.3 is 5.97 Å². The summed E-state index contributed by atoms with van der Waals surface area (Å²) in [4.78, 5) is 25.0. The van der Waals surface area contributed by atoms with Crippen LogP contribution in [0.15, 0.2) is 28.7 Å². The normalized spacial score (nSPS) is 22.2. The highest BCUT2D eigenvalue weighted by atomic mass is 79.9. The second-order valence-corrected chi connectivity index (χ2v) is 6.40. The van der Waals surface area contributed by atoms with Crippen molar-refractivity contribution in [2.45, 2.75) is 13.3 Å². The highest BCUT2D eigenvalue weighted by Gasteiger charge is 2.34. The van der Waals surface area contributed by atoms with Gasteiger partial charge < -0.3 is 15.3 Å². The summed E-state index contributed by atoms with van der Waals surface area (Å²) in [5.74, 6) is -0.982. The van der Waals surface area contributed by atoms with E-state index < -0.39 is 5.97 Å². The molecule has 1 aliphatic rings. The lowest BCUT2D eigenvalue weighted by molar-refractivity contribution is -0.142. The van der Waals surface area contributed by atoms with E-state index in [0.717, 1.165) is 16.7 Å². The maximum absolute atomic E-state index is 11.9. The Bertz CT molecular complexity index is 518. The molecule has 0 bridgehead atoms. The molecule has 6 heteroatoms. The number of aliphatic carboxylic acids is 1. The van der Waals surface area contributed by atoms with Gasteiger partial charge in [-0.2, -0.15) is 0 Å². The molecule has 0 saturated carbocycles. The molecule has 1 amide bonds. The van der Waals surface area contributed by atoms with Crippen LogP contribution in [0, 0.1) is 11.8 Å². The first-order valence-corrected chi connectivity index (χ1v) is 7.75. The third kappa shape index (κ3) is 4.54. The van der Waals surface area contributed by atoms with Crippen LogP contribution in [0.4, 0.5) is 5.69 Å². The molecule has 0 spiro atoms. The summed E-state index contributed by atoms with van der Waals surface area (Å²) in [6.45, 7) is 3.81. The summed E-state index contributed by atoms with van der Waals surface area (Å²) in [5, 5.41) is 11.9. The molecular formula is C15H19BrN2O3. The first-order chi connectivity index (χ1) is 9.95. The number of hydrogen-bond acceptors (Lipinski definition) is 3. The van der Waals surface area contributed by atoms with E-state index in [4.69, 9.17) is 5.11 Å². The minimum Gasteiger partial charge on any atom is -0.481 e. The zero-order valence-electron chi connectivity index (χ0n) is 11.9. The van der Waals surface area contributed by atoms with Gasteiger partial charge in [0.05, 0.1) is 5.92 Å².